The Labute approximate surface area is 157 Å². The fourth-order valence-electron chi connectivity index (χ4n) is 3.80. The second kappa shape index (κ2) is 6.35. The van der Waals surface area contributed by atoms with Crippen LogP contribution in [0.4, 0.5) is 0 Å². The molecule has 7 heteroatoms. The Balaban J connectivity index is 1.47. The van der Waals surface area contributed by atoms with Crippen LogP contribution in [0.15, 0.2) is 36.7 Å². The molecular weight excluding hydrogens is 338 g/mol. The van der Waals surface area contributed by atoms with Gasteiger partial charge in [-0.05, 0) is 43.7 Å². The first kappa shape index (κ1) is 16.3. The Kier molecular flexibility index (Phi) is 3.82. The van der Waals surface area contributed by atoms with Crippen molar-refractivity contribution in [3.8, 4) is 11.5 Å². The average Bonchev–Trinajstić information content (AvgIpc) is 3.30. The molecule has 3 aromatic heterocycles. The van der Waals surface area contributed by atoms with Crippen LogP contribution in [0.3, 0.4) is 0 Å². The lowest BCUT2D eigenvalue weighted by molar-refractivity contribution is 0.588. The van der Waals surface area contributed by atoms with Gasteiger partial charge in [-0.15, -0.1) is 0 Å². The highest BCUT2D eigenvalue weighted by molar-refractivity contribution is 5.76. The van der Waals surface area contributed by atoms with Crippen LogP contribution in [-0.2, 0) is 26.7 Å². The number of aryl methyl sites for hydroxylation is 3. The lowest BCUT2D eigenvalue weighted by Crippen LogP contribution is -2.11. The van der Waals surface area contributed by atoms with Crippen LogP contribution in [-0.4, -0.2) is 35.4 Å². The Bertz CT molecular complexity index is 1090. The van der Waals surface area contributed by atoms with E-state index in [-0.39, 0.29) is 0 Å². The normalized spacial score (nSPS) is 14.4. The average molecular weight is 361 g/mol. The van der Waals surface area contributed by atoms with Crippen LogP contribution in [0.5, 0.6) is 0 Å². The van der Waals surface area contributed by atoms with Crippen LogP contribution >= 0.6 is 0 Å². The van der Waals surface area contributed by atoms with E-state index in [0.29, 0.717) is 0 Å². The van der Waals surface area contributed by atoms with Crippen molar-refractivity contribution in [3.63, 3.8) is 0 Å². The van der Waals surface area contributed by atoms with E-state index in [0.717, 1.165) is 61.0 Å². The van der Waals surface area contributed by atoms with E-state index >= 15 is 0 Å². The lowest BCUT2D eigenvalue weighted by Gasteiger charge is -2.07. The molecule has 1 aliphatic heterocycles. The monoisotopic (exact) mass is 361 g/mol. The van der Waals surface area contributed by atoms with Gasteiger partial charge in [-0.25, -0.2) is 9.97 Å². The first-order valence-corrected chi connectivity index (χ1v) is 9.40. The molecule has 0 aliphatic carbocycles. The van der Waals surface area contributed by atoms with Crippen LogP contribution in [0.2, 0.25) is 0 Å². The van der Waals surface area contributed by atoms with Gasteiger partial charge in [-0.2, -0.15) is 5.10 Å². The van der Waals surface area contributed by atoms with E-state index < -0.39 is 0 Å². The van der Waals surface area contributed by atoms with Gasteiger partial charge in [0.25, 0.3) is 0 Å². The molecule has 0 atom stereocenters. The van der Waals surface area contributed by atoms with Crippen molar-refractivity contribution in [2.45, 2.75) is 33.0 Å². The minimum atomic E-state index is 0.751. The Hall–Kier alpha value is -2.93. The van der Waals surface area contributed by atoms with Gasteiger partial charge in [-0.3, -0.25) is 4.68 Å². The van der Waals surface area contributed by atoms with E-state index in [9.17, 15) is 0 Å². The number of hydrogen-bond acceptors (Lipinski definition) is 4. The second-order valence-electron chi connectivity index (χ2n) is 7.19. The zero-order chi connectivity index (χ0) is 18.4. The predicted octanol–water partition coefficient (Wildman–Crippen LogP) is 2.48. The molecule has 27 heavy (non-hydrogen) atoms. The molecule has 4 aromatic rings. The van der Waals surface area contributed by atoms with Crippen molar-refractivity contribution >= 4 is 11.0 Å². The maximum Gasteiger partial charge on any atom is 0.160 e. The Morgan fingerprint density at radius 2 is 2.15 bits per heavy atom. The molecule has 0 fully saturated rings. The van der Waals surface area contributed by atoms with Crippen molar-refractivity contribution in [2.24, 2.45) is 7.05 Å². The third kappa shape index (κ3) is 2.84. The molecule has 7 nitrogen and oxygen atoms in total. The number of nitrogens with zero attached hydrogens (tertiary/aromatic N) is 6. The number of aromatic nitrogens is 6. The quantitative estimate of drug-likeness (QED) is 0.609. The molecule has 1 N–H and O–H groups in total. The van der Waals surface area contributed by atoms with Gasteiger partial charge in [0.2, 0.25) is 0 Å². The molecule has 5 rings (SSSR count). The van der Waals surface area contributed by atoms with Crippen molar-refractivity contribution in [2.75, 3.05) is 6.54 Å². The summed E-state index contributed by atoms with van der Waals surface area (Å²) >= 11 is 0. The summed E-state index contributed by atoms with van der Waals surface area (Å²) in [6, 6.07) is 8.63. The number of nitrogens with one attached hydrogen (secondary N) is 1. The van der Waals surface area contributed by atoms with Gasteiger partial charge < -0.3 is 14.5 Å². The third-order valence-electron chi connectivity index (χ3n) is 5.36. The van der Waals surface area contributed by atoms with Crippen molar-refractivity contribution < 1.29 is 0 Å². The summed E-state index contributed by atoms with van der Waals surface area (Å²) in [5.41, 5.74) is 5.57. The number of hydrogen-bond donors (Lipinski definition) is 1. The molecule has 0 bridgehead atoms. The molecule has 0 amide bonds. The topological polar surface area (TPSA) is 65.5 Å². The Morgan fingerprint density at radius 3 is 3.07 bits per heavy atom. The number of fused-ring (bicyclic) bond motifs is 2. The largest absolute Gasteiger partial charge is 0.331 e. The first-order chi connectivity index (χ1) is 13.2. The van der Waals surface area contributed by atoms with Crippen LogP contribution < -0.4 is 5.32 Å². The maximum absolute atomic E-state index is 4.80. The van der Waals surface area contributed by atoms with Gasteiger partial charge in [0.05, 0.1) is 16.7 Å². The zero-order valence-electron chi connectivity index (χ0n) is 15.7. The van der Waals surface area contributed by atoms with Gasteiger partial charge in [0.1, 0.15) is 11.5 Å². The number of benzene rings is 1. The zero-order valence-corrected chi connectivity index (χ0v) is 15.7. The summed E-state index contributed by atoms with van der Waals surface area (Å²) in [5, 5.41) is 8.24. The summed E-state index contributed by atoms with van der Waals surface area (Å²) in [7, 11) is 2.05. The summed E-state index contributed by atoms with van der Waals surface area (Å²) in [5.74, 6) is 1.94. The predicted molar refractivity (Wildman–Crippen MR) is 104 cm³/mol. The third-order valence-corrected chi connectivity index (χ3v) is 5.36. The van der Waals surface area contributed by atoms with Gasteiger partial charge in [-0.1, -0.05) is 6.07 Å². The van der Waals surface area contributed by atoms with Crippen molar-refractivity contribution in [1.29, 1.82) is 0 Å². The van der Waals surface area contributed by atoms with Crippen molar-refractivity contribution in [1.82, 2.24) is 34.2 Å². The van der Waals surface area contributed by atoms with Gasteiger partial charge in [0.15, 0.2) is 5.82 Å². The highest BCUT2D eigenvalue weighted by atomic mass is 15.3. The fourth-order valence-corrected chi connectivity index (χ4v) is 3.80. The van der Waals surface area contributed by atoms with Gasteiger partial charge >= 0.3 is 0 Å². The molecular formula is C20H23N7. The smallest absolute Gasteiger partial charge is 0.160 e. The lowest BCUT2D eigenvalue weighted by atomic mass is 10.2. The van der Waals surface area contributed by atoms with Crippen molar-refractivity contribution in [3.05, 3.63) is 53.7 Å². The molecule has 0 saturated heterocycles. The summed E-state index contributed by atoms with van der Waals surface area (Å²) in [6.07, 6.45) is 4.97. The molecule has 4 heterocycles. The van der Waals surface area contributed by atoms with Crippen LogP contribution in [0.25, 0.3) is 22.6 Å². The van der Waals surface area contributed by atoms with Crippen LogP contribution in [0, 0.1) is 6.92 Å². The SMILES string of the molecule is Cc1nc2cc(Cn3ccnc3-c3cc4n(n3)CCCNC4)ccc2n1C. The Morgan fingerprint density at radius 1 is 1.22 bits per heavy atom. The molecule has 0 radical (unpaired) electrons. The van der Waals surface area contributed by atoms with E-state index in [1.807, 2.05) is 19.3 Å². The van der Waals surface area contributed by atoms with Gasteiger partial charge in [0, 0.05) is 39.1 Å². The van der Waals surface area contributed by atoms with E-state index in [1.54, 1.807) is 0 Å². The van der Waals surface area contributed by atoms with E-state index in [4.69, 9.17) is 5.10 Å². The number of imidazole rings is 2. The summed E-state index contributed by atoms with van der Waals surface area (Å²) in [6.45, 7) is 5.65. The fraction of sp³-hybridized carbons (Fsp3) is 0.350. The molecule has 0 unspecified atom stereocenters. The minimum absolute atomic E-state index is 0.751. The summed E-state index contributed by atoms with van der Waals surface area (Å²) in [4.78, 5) is 9.23. The van der Waals surface area contributed by atoms with E-state index in [1.165, 1.54) is 11.3 Å². The number of rotatable bonds is 3. The standard InChI is InChI=1S/C20H23N7/c1-14-23-17-10-15(4-5-19(17)25(14)2)13-26-9-7-22-20(26)18-11-16-12-21-6-3-8-27(16)24-18/h4-5,7,9-11,21H,3,6,8,12-13H2,1-2H3. The minimum Gasteiger partial charge on any atom is -0.331 e. The molecule has 1 aliphatic rings. The molecule has 0 saturated carbocycles. The molecule has 138 valence electrons. The molecule has 1 aromatic carbocycles. The van der Waals surface area contributed by atoms with E-state index in [2.05, 4.69) is 60.4 Å². The highest BCUT2D eigenvalue weighted by Gasteiger charge is 2.16. The second-order valence-corrected chi connectivity index (χ2v) is 7.19. The maximum atomic E-state index is 4.80. The highest BCUT2D eigenvalue weighted by Crippen LogP contribution is 2.22. The first-order valence-electron chi connectivity index (χ1n) is 9.40. The summed E-state index contributed by atoms with van der Waals surface area (Å²) < 4.78 is 6.39. The van der Waals surface area contributed by atoms with Crippen LogP contribution in [0.1, 0.15) is 23.5 Å². The molecule has 0 spiro atoms.